The van der Waals surface area contributed by atoms with Gasteiger partial charge in [-0.25, -0.2) is 14.6 Å². The molecule has 0 unspecified atom stereocenters. The molecule has 3 rings (SSSR count). The van der Waals surface area contributed by atoms with Gasteiger partial charge in [-0.1, -0.05) is 0 Å². The summed E-state index contributed by atoms with van der Waals surface area (Å²) in [4.78, 5) is 79.8. The third-order valence-corrected chi connectivity index (χ3v) is 8.86. The molecule has 2 fully saturated rings. The van der Waals surface area contributed by atoms with Crippen LogP contribution in [-0.2, 0) is 54.0 Å². The van der Waals surface area contributed by atoms with E-state index in [0.29, 0.717) is 32.2 Å². The van der Waals surface area contributed by atoms with E-state index in [1.54, 1.807) is 39.0 Å². The number of ketones is 1. The minimum Gasteiger partial charge on any atom is -0.469 e. The van der Waals surface area contributed by atoms with Gasteiger partial charge in [0.05, 0.1) is 64.9 Å². The molecule has 16 nitrogen and oxygen atoms in total. The van der Waals surface area contributed by atoms with Crippen LogP contribution >= 0.6 is 11.3 Å². The summed E-state index contributed by atoms with van der Waals surface area (Å²) in [6, 6.07) is -0.945. The molecule has 51 heavy (non-hydrogen) atoms. The standard InChI is InChI=1S/C17H28N2O7.C17H26N2O5S/c1-17(2,3)26-16(23)19-10-12(24-4)8-13(19)15(22)18-9-11(20)6-7-14(21)25-5;1-17(2,3)24-16(21)19-10-11(22-4)8-13(19)15-18-9-12(25-15)6-7-14(20)23-5/h12-13H,6-10H2,1-5H3,(H,18,22);9,11,13H,6-8,10H2,1-5H3/t12-,13-;11-,13-/m00/s1. The van der Waals surface area contributed by atoms with Crippen LogP contribution in [0.15, 0.2) is 6.20 Å². The first-order chi connectivity index (χ1) is 23.8. The highest BCUT2D eigenvalue weighted by molar-refractivity contribution is 7.11. The van der Waals surface area contributed by atoms with Crippen LogP contribution in [0.2, 0.25) is 0 Å². The summed E-state index contributed by atoms with van der Waals surface area (Å²) in [5.74, 6) is -1.49. The van der Waals surface area contributed by atoms with Crippen molar-refractivity contribution in [3.63, 3.8) is 0 Å². The maximum atomic E-state index is 12.5. The van der Waals surface area contributed by atoms with Gasteiger partial charge in [0.1, 0.15) is 22.3 Å². The number of amides is 3. The number of esters is 2. The largest absolute Gasteiger partial charge is 0.469 e. The molecule has 2 aliphatic heterocycles. The van der Waals surface area contributed by atoms with Crippen LogP contribution in [0, 0.1) is 0 Å². The molecule has 4 atom stereocenters. The number of hydrogen-bond acceptors (Lipinski definition) is 14. The maximum Gasteiger partial charge on any atom is 0.411 e. The van der Waals surface area contributed by atoms with Crippen molar-refractivity contribution in [2.45, 2.75) is 116 Å². The Labute approximate surface area is 303 Å². The van der Waals surface area contributed by atoms with Gasteiger partial charge in [-0.15, -0.1) is 11.3 Å². The molecule has 0 spiro atoms. The van der Waals surface area contributed by atoms with Crippen LogP contribution in [0.1, 0.15) is 89.6 Å². The summed E-state index contributed by atoms with van der Waals surface area (Å²) >= 11 is 1.51. The Bertz CT molecular complexity index is 1360. The Morgan fingerprint density at radius 3 is 1.86 bits per heavy atom. The van der Waals surface area contributed by atoms with Crippen LogP contribution in [-0.4, -0.2) is 128 Å². The van der Waals surface area contributed by atoms with Crippen molar-refractivity contribution in [1.29, 1.82) is 0 Å². The number of nitrogens with zero attached hydrogens (tertiary/aromatic N) is 3. The highest BCUT2D eigenvalue weighted by Gasteiger charge is 2.42. The molecule has 1 aromatic heterocycles. The second-order valence-electron chi connectivity index (χ2n) is 14.1. The predicted octanol–water partition coefficient (Wildman–Crippen LogP) is 3.59. The van der Waals surface area contributed by atoms with Gasteiger partial charge < -0.3 is 33.7 Å². The summed E-state index contributed by atoms with van der Waals surface area (Å²) in [5, 5.41) is 3.35. The molecule has 288 valence electrons. The minimum absolute atomic E-state index is 0.0197. The third kappa shape index (κ3) is 14.7. The van der Waals surface area contributed by atoms with Gasteiger partial charge in [0.25, 0.3) is 0 Å². The molecular weight excluding hydrogens is 688 g/mol. The predicted molar refractivity (Wildman–Crippen MR) is 185 cm³/mol. The number of aromatic nitrogens is 1. The number of carbonyl (C=O) groups is 6. The number of likely N-dealkylation sites (tertiary alicyclic amines) is 2. The SMILES string of the molecule is COC(=O)CCC(=O)CNC(=O)[C@@H]1C[C@H](OC)CN1C(=O)OC(C)(C)C.COC(=O)CCc1cnc([C@@H]2C[C@H](OC)CN2C(=O)OC(C)(C)C)s1. The molecule has 0 bridgehead atoms. The third-order valence-electron chi connectivity index (χ3n) is 7.71. The van der Waals surface area contributed by atoms with Crippen molar-refractivity contribution < 1.29 is 57.2 Å². The Hall–Kier alpha value is -3.83. The van der Waals surface area contributed by atoms with E-state index in [4.69, 9.17) is 18.9 Å². The quantitative estimate of drug-likeness (QED) is 0.242. The minimum atomic E-state index is -0.775. The van der Waals surface area contributed by atoms with E-state index in [1.165, 1.54) is 37.6 Å². The first kappa shape index (κ1) is 43.3. The fourth-order valence-corrected chi connectivity index (χ4v) is 6.16. The average molecular weight is 743 g/mol. The lowest BCUT2D eigenvalue weighted by molar-refractivity contribution is -0.142. The van der Waals surface area contributed by atoms with Crippen molar-refractivity contribution in [2.24, 2.45) is 0 Å². The van der Waals surface area contributed by atoms with Gasteiger partial charge in [0.2, 0.25) is 5.91 Å². The molecule has 3 heterocycles. The van der Waals surface area contributed by atoms with Gasteiger partial charge >= 0.3 is 24.1 Å². The number of nitrogens with one attached hydrogen (secondary N) is 1. The number of aryl methyl sites for hydroxylation is 1. The number of thiazole rings is 1. The second kappa shape index (κ2) is 19.7. The zero-order valence-corrected chi connectivity index (χ0v) is 32.2. The highest BCUT2D eigenvalue weighted by Crippen LogP contribution is 2.36. The molecule has 0 aromatic carbocycles. The van der Waals surface area contributed by atoms with Crippen molar-refractivity contribution in [1.82, 2.24) is 20.1 Å². The van der Waals surface area contributed by atoms with Crippen LogP contribution < -0.4 is 5.32 Å². The van der Waals surface area contributed by atoms with Gasteiger partial charge in [0, 0.05) is 44.6 Å². The molecule has 0 aliphatic carbocycles. The van der Waals surface area contributed by atoms with Gasteiger partial charge in [0.15, 0.2) is 5.78 Å². The first-order valence-electron chi connectivity index (χ1n) is 16.7. The van der Waals surface area contributed by atoms with Crippen LogP contribution in [0.25, 0.3) is 0 Å². The fourth-order valence-electron chi connectivity index (χ4n) is 5.12. The van der Waals surface area contributed by atoms with E-state index >= 15 is 0 Å². The van der Waals surface area contributed by atoms with E-state index in [9.17, 15) is 28.8 Å². The highest BCUT2D eigenvalue weighted by atomic mass is 32.1. The molecule has 2 saturated heterocycles. The van der Waals surface area contributed by atoms with Crippen molar-refractivity contribution in [3.05, 3.63) is 16.1 Å². The molecule has 1 aromatic rings. The van der Waals surface area contributed by atoms with Gasteiger partial charge in [-0.05, 0) is 48.0 Å². The number of methoxy groups -OCH3 is 4. The molecule has 0 saturated carbocycles. The lowest BCUT2D eigenvalue weighted by Crippen LogP contribution is -2.48. The van der Waals surface area contributed by atoms with E-state index in [2.05, 4.69) is 19.8 Å². The van der Waals surface area contributed by atoms with Crippen molar-refractivity contribution in [2.75, 3.05) is 48.1 Å². The molecule has 0 radical (unpaired) electrons. The van der Waals surface area contributed by atoms with Crippen molar-refractivity contribution >= 4 is 47.2 Å². The molecule has 3 amide bonds. The molecule has 2 aliphatic rings. The topological polar surface area (TPSA) is 189 Å². The number of ether oxygens (including phenoxy) is 6. The van der Waals surface area contributed by atoms with E-state index in [1.807, 2.05) is 20.8 Å². The van der Waals surface area contributed by atoms with Gasteiger partial charge in [-0.2, -0.15) is 0 Å². The zero-order valence-electron chi connectivity index (χ0n) is 31.4. The number of carbonyl (C=O) groups excluding carboxylic acids is 6. The Balaban J connectivity index is 0.000000354. The number of Topliss-reactive ketones (excluding diaryl/α,β-unsaturated/α-hetero) is 1. The normalized spacial score (nSPS) is 20.2. The smallest absolute Gasteiger partial charge is 0.411 e. The Morgan fingerprint density at radius 1 is 0.784 bits per heavy atom. The second-order valence-corrected chi connectivity index (χ2v) is 15.2. The van der Waals surface area contributed by atoms with Crippen LogP contribution in [0.3, 0.4) is 0 Å². The maximum absolute atomic E-state index is 12.5. The first-order valence-corrected chi connectivity index (χ1v) is 17.5. The number of hydrogen-bond donors (Lipinski definition) is 1. The van der Waals surface area contributed by atoms with Crippen LogP contribution in [0.5, 0.6) is 0 Å². The average Bonchev–Trinajstić information content (AvgIpc) is 3.82. The summed E-state index contributed by atoms with van der Waals surface area (Å²) < 4.78 is 30.7. The Morgan fingerprint density at radius 2 is 1.31 bits per heavy atom. The summed E-state index contributed by atoms with van der Waals surface area (Å²) in [5.41, 5.74) is -1.24. The number of rotatable bonds is 12. The summed E-state index contributed by atoms with van der Waals surface area (Å²) in [6.45, 7) is 11.3. The molecular formula is C34H54N4O12S. The van der Waals surface area contributed by atoms with E-state index < -0.39 is 35.2 Å². The van der Waals surface area contributed by atoms with Crippen LogP contribution in [0.4, 0.5) is 9.59 Å². The molecule has 1 N–H and O–H groups in total. The summed E-state index contributed by atoms with van der Waals surface area (Å²) in [7, 11) is 5.77. The monoisotopic (exact) mass is 742 g/mol. The zero-order chi connectivity index (χ0) is 38.5. The lowest BCUT2D eigenvalue weighted by Gasteiger charge is -2.27. The molecule has 17 heteroatoms. The van der Waals surface area contributed by atoms with Gasteiger partial charge in [-0.3, -0.25) is 29.0 Å². The van der Waals surface area contributed by atoms with E-state index in [0.717, 1.165) is 9.88 Å². The lowest BCUT2D eigenvalue weighted by atomic mass is 10.1. The summed E-state index contributed by atoms with van der Waals surface area (Å²) in [6.07, 6.45) is 2.31. The van der Waals surface area contributed by atoms with E-state index in [-0.39, 0.29) is 62.0 Å². The fraction of sp³-hybridized carbons (Fsp3) is 0.735. The Kier molecular flexibility index (Phi) is 16.7. The van der Waals surface area contributed by atoms with Crippen molar-refractivity contribution in [3.8, 4) is 0 Å².